The zero-order chi connectivity index (χ0) is 21.3. The van der Waals surface area contributed by atoms with Crippen LogP contribution < -0.4 is 5.32 Å². The maximum Gasteiger partial charge on any atom is 0.261 e. The molecule has 1 aromatic rings. The smallest absolute Gasteiger partial charge is 0.261 e. The molecule has 8 heteroatoms. The van der Waals surface area contributed by atoms with Gasteiger partial charge in [-0.15, -0.1) is 0 Å². The van der Waals surface area contributed by atoms with E-state index in [0.717, 1.165) is 24.2 Å². The topological polar surface area (TPSA) is 93.6 Å². The number of hydrogen-bond donors (Lipinski definition) is 2. The molecule has 30 heavy (non-hydrogen) atoms. The Morgan fingerprint density at radius 3 is 2.37 bits per heavy atom. The lowest BCUT2D eigenvalue weighted by molar-refractivity contribution is -0.131. The Morgan fingerprint density at radius 1 is 1.13 bits per heavy atom. The molecule has 2 heterocycles. The first kappa shape index (κ1) is 20.0. The Balaban J connectivity index is 1.39. The lowest BCUT2D eigenvalue weighted by Gasteiger charge is -2.40. The van der Waals surface area contributed by atoms with Crippen molar-refractivity contribution in [3.63, 3.8) is 0 Å². The second-order valence-corrected chi connectivity index (χ2v) is 7.76. The summed E-state index contributed by atoms with van der Waals surface area (Å²) in [7, 11) is 0. The van der Waals surface area contributed by atoms with Gasteiger partial charge in [0.15, 0.2) is 0 Å². The number of benzene rings is 1. The minimum Gasteiger partial charge on any atom is -0.386 e. The molecule has 7 nitrogen and oxygen atoms in total. The van der Waals surface area contributed by atoms with Gasteiger partial charge in [-0.2, -0.15) is 0 Å². The number of amides is 3. The van der Waals surface area contributed by atoms with Crippen molar-refractivity contribution >= 4 is 23.4 Å². The number of imide groups is 1. The quantitative estimate of drug-likeness (QED) is 0.556. The molecular weight excluding hydrogens is 387 g/mol. The number of fused-ring (bicyclic) bond motifs is 1. The van der Waals surface area contributed by atoms with Crippen LogP contribution in [0.5, 0.6) is 0 Å². The summed E-state index contributed by atoms with van der Waals surface area (Å²) in [6.45, 7) is 0.394. The number of rotatable bonds is 6. The van der Waals surface area contributed by atoms with Crippen LogP contribution in [0.1, 0.15) is 46.4 Å². The van der Waals surface area contributed by atoms with Crippen molar-refractivity contribution in [3.8, 4) is 0 Å². The van der Waals surface area contributed by atoms with E-state index in [-0.39, 0.29) is 41.9 Å². The van der Waals surface area contributed by atoms with Gasteiger partial charge in [0, 0.05) is 37.5 Å². The zero-order valence-electron chi connectivity index (χ0n) is 16.5. The Bertz CT molecular complexity index is 945. The van der Waals surface area contributed by atoms with Crippen molar-refractivity contribution in [2.75, 3.05) is 19.6 Å². The largest absolute Gasteiger partial charge is 0.386 e. The van der Waals surface area contributed by atoms with E-state index in [4.69, 9.17) is 5.41 Å². The van der Waals surface area contributed by atoms with E-state index in [1.807, 2.05) is 4.90 Å². The second kappa shape index (κ2) is 8.22. The zero-order valence-corrected chi connectivity index (χ0v) is 16.5. The number of nitrogens with one attached hydrogen (secondary N) is 2. The van der Waals surface area contributed by atoms with E-state index < -0.39 is 11.8 Å². The average Bonchev–Trinajstić information content (AvgIpc) is 2.95. The SMILES string of the molecule is N=C1CCN(C2CCC2)C(=O)/C1=C/NC/C(=C/F)CN1C(=O)c2ccccc2C1=O. The summed E-state index contributed by atoms with van der Waals surface area (Å²) in [6, 6.07) is 6.76. The fourth-order valence-electron chi connectivity index (χ4n) is 3.95. The van der Waals surface area contributed by atoms with Gasteiger partial charge in [-0.25, -0.2) is 4.39 Å². The molecule has 2 fully saturated rings. The Kier molecular flexibility index (Phi) is 5.48. The van der Waals surface area contributed by atoms with E-state index in [1.165, 1.54) is 6.20 Å². The van der Waals surface area contributed by atoms with Crippen molar-refractivity contribution in [1.82, 2.24) is 15.1 Å². The minimum atomic E-state index is -0.450. The van der Waals surface area contributed by atoms with Crippen LogP contribution in [0.3, 0.4) is 0 Å². The Hall–Kier alpha value is -3.29. The molecular formula is C22H23FN4O3. The fourth-order valence-corrected chi connectivity index (χ4v) is 3.95. The van der Waals surface area contributed by atoms with Crippen LogP contribution in [0.4, 0.5) is 4.39 Å². The van der Waals surface area contributed by atoms with E-state index >= 15 is 0 Å². The Morgan fingerprint density at radius 2 is 1.80 bits per heavy atom. The molecule has 3 aliphatic rings. The number of piperidine rings is 1. The predicted molar refractivity (Wildman–Crippen MR) is 109 cm³/mol. The summed E-state index contributed by atoms with van der Waals surface area (Å²) in [5, 5.41) is 11.0. The third kappa shape index (κ3) is 3.53. The lowest BCUT2D eigenvalue weighted by atomic mass is 9.88. The normalized spacial score (nSPS) is 21.4. The highest BCUT2D eigenvalue weighted by Crippen LogP contribution is 2.28. The van der Waals surface area contributed by atoms with Gasteiger partial charge in [-0.1, -0.05) is 12.1 Å². The summed E-state index contributed by atoms with van der Waals surface area (Å²) in [4.78, 5) is 40.4. The van der Waals surface area contributed by atoms with Gasteiger partial charge in [-0.3, -0.25) is 19.3 Å². The molecule has 2 aliphatic heterocycles. The third-order valence-corrected chi connectivity index (χ3v) is 5.90. The number of hydrogen-bond acceptors (Lipinski definition) is 5. The van der Waals surface area contributed by atoms with Crippen LogP contribution in [0, 0.1) is 5.41 Å². The third-order valence-electron chi connectivity index (χ3n) is 5.90. The molecule has 0 aromatic heterocycles. The van der Waals surface area contributed by atoms with Crippen molar-refractivity contribution in [1.29, 1.82) is 5.41 Å². The van der Waals surface area contributed by atoms with E-state index in [9.17, 15) is 18.8 Å². The first-order valence-electron chi connectivity index (χ1n) is 10.1. The number of carbonyl (C=O) groups is 3. The maximum absolute atomic E-state index is 13.4. The highest BCUT2D eigenvalue weighted by molar-refractivity contribution is 6.22. The van der Waals surface area contributed by atoms with Crippen LogP contribution >= 0.6 is 0 Å². The minimum absolute atomic E-state index is 0.0113. The average molecular weight is 410 g/mol. The monoisotopic (exact) mass is 410 g/mol. The maximum atomic E-state index is 13.4. The molecule has 1 saturated carbocycles. The van der Waals surface area contributed by atoms with Crippen LogP contribution in [-0.2, 0) is 4.79 Å². The highest BCUT2D eigenvalue weighted by Gasteiger charge is 2.36. The lowest BCUT2D eigenvalue weighted by Crippen LogP contribution is -2.49. The van der Waals surface area contributed by atoms with Crippen molar-refractivity contribution in [3.05, 3.63) is 59.1 Å². The molecule has 4 rings (SSSR count). The first-order valence-corrected chi connectivity index (χ1v) is 10.1. The van der Waals surface area contributed by atoms with Gasteiger partial charge in [-0.05, 0) is 37.0 Å². The summed E-state index contributed by atoms with van der Waals surface area (Å²) in [6.07, 6.45) is 5.41. The number of nitrogens with zero attached hydrogens (tertiary/aromatic N) is 2. The molecule has 1 aromatic carbocycles. The van der Waals surface area contributed by atoms with E-state index in [1.54, 1.807) is 24.3 Å². The summed E-state index contributed by atoms with van der Waals surface area (Å²) in [5.41, 5.74) is 1.36. The van der Waals surface area contributed by atoms with Crippen LogP contribution in [-0.4, -0.2) is 58.9 Å². The van der Waals surface area contributed by atoms with Gasteiger partial charge < -0.3 is 15.6 Å². The molecule has 1 saturated heterocycles. The van der Waals surface area contributed by atoms with Gasteiger partial charge in [0.25, 0.3) is 17.7 Å². The molecule has 0 bridgehead atoms. The van der Waals surface area contributed by atoms with Gasteiger partial charge in [0.1, 0.15) is 0 Å². The van der Waals surface area contributed by atoms with Crippen LogP contribution in [0.2, 0.25) is 0 Å². The van der Waals surface area contributed by atoms with Gasteiger partial charge >= 0.3 is 0 Å². The fraction of sp³-hybridized carbons (Fsp3) is 0.364. The standard InChI is InChI=1S/C22H23FN4O3/c23-10-14(13-27-20(28)16-6-1-2-7-17(16)21(27)29)11-25-12-18-19(24)8-9-26(22(18)30)15-4-3-5-15/h1-2,6-7,10,12,15,24-25H,3-5,8-9,11,13H2/b14-10-,18-12+,24-19?. The molecule has 0 unspecified atom stereocenters. The van der Waals surface area contributed by atoms with Crippen LogP contribution in [0.25, 0.3) is 0 Å². The highest BCUT2D eigenvalue weighted by atomic mass is 19.1. The van der Waals surface area contributed by atoms with E-state index in [2.05, 4.69) is 5.32 Å². The summed E-state index contributed by atoms with van der Waals surface area (Å²) >= 11 is 0. The van der Waals surface area contributed by atoms with Crippen LogP contribution in [0.15, 0.2) is 47.9 Å². The van der Waals surface area contributed by atoms with E-state index in [0.29, 0.717) is 30.4 Å². The number of likely N-dealkylation sites (tertiary alicyclic amines) is 1. The van der Waals surface area contributed by atoms with Gasteiger partial charge in [0.05, 0.1) is 29.6 Å². The first-order chi connectivity index (χ1) is 14.5. The predicted octanol–water partition coefficient (Wildman–Crippen LogP) is 2.41. The number of carbonyl (C=O) groups excluding carboxylic acids is 3. The molecule has 0 radical (unpaired) electrons. The van der Waals surface area contributed by atoms with Crippen molar-refractivity contribution in [2.45, 2.75) is 31.7 Å². The molecule has 0 atom stereocenters. The number of halogens is 1. The Labute approximate surface area is 173 Å². The molecule has 156 valence electrons. The van der Waals surface area contributed by atoms with Gasteiger partial charge in [0.2, 0.25) is 0 Å². The summed E-state index contributed by atoms with van der Waals surface area (Å²) in [5.74, 6) is -1.07. The molecule has 0 spiro atoms. The second-order valence-electron chi connectivity index (χ2n) is 7.76. The summed E-state index contributed by atoms with van der Waals surface area (Å²) < 4.78 is 13.4. The van der Waals surface area contributed by atoms with Crippen molar-refractivity contribution < 1.29 is 18.8 Å². The molecule has 2 N–H and O–H groups in total. The molecule has 3 amide bonds. The van der Waals surface area contributed by atoms with Crippen molar-refractivity contribution in [2.24, 2.45) is 0 Å². The molecule has 1 aliphatic carbocycles.